The zero-order valence-electron chi connectivity index (χ0n) is 42.6. The number of carbonyl (C=O) groups is 6. The minimum atomic E-state index is -0.993. The third kappa shape index (κ3) is 22.6. The van der Waals surface area contributed by atoms with Crippen molar-refractivity contribution in [3.63, 3.8) is 0 Å². The average Bonchev–Trinajstić information content (AvgIpc) is 4.16. The van der Waals surface area contributed by atoms with Gasteiger partial charge in [-0.25, -0.2) is 58.7 Å². The normalized spacial score (nSPS) is 10.1. The van der Waals surface area contributed by atoms with Crippen LogP contribution in [0.25, 0.3) is 0 Å². The Hall–Kier alpha value is -6.20. The Bertz CT molecular complexity index is 2630. The van der Waals surface area contributed by atoms with Crippen molar-refractivity contribution in [3.05, 3.63) is 70.7 Å². The Morgan fingerprint density at radius 2 is 0.767 bits per heavy atom. The molecule has 6 aromatic rings. The molecule has 0 aliphatic carbocycles. The van der Waals surface area contributed by atoms with Gasteiger partial charge in [-0.2, -0.15) is 0 Å². The van der Waals surface area contributed by atoms with Crippen molar-refractivity contribution < 1.29 is 78.4 Å². The van der Waals surface area contributed by atoms with Crippen LogP contribution in [-0.4, -0.2) is 123 Å². The minimum absolute atomic E-state index is 0.0559. The van der Waals surface area contributed by atoms with Crippen LogP contribution in [0, 0.1) is 47.5 Å². The van der Waals surface area contributed by atoms with Crippen LogP contribution in [0.15, 0.2) is 0 Å². The van der Waals surface area contributed by atoms with Gasteiger partial charge >= 0.3 is 35.8 Å². The quantitative estimate of drug-likeness (QED) is 0.0494. The first-order valence-electron chi connectivity index (χ1n) is 21.8. The van der Waals surface area contributed by atoms with Gasteiger partial charge in [0.15, 0.2) is 19.5 Å². The van der Waals surface area contributed by atoms with Crippen molar-refractivity contribution in [2.45, 2.75) is 115 Å². The van der Waals surface area contributed by atoms with Gasteiger partial charge in [-0.15, -0.1) is 68.0 Å². The molecule has 0 aliphatic heterocycles. The molecule has 0 spiro atoms. The molecule has 6 heterocycles. The van der Waals surface area contributed by atoms with Gasteiger partial charge in [0.05, 0.1) is 67.9 Å². The SMILES string of the molecule is CCCOc1nc(C)sc1C(=O)O.CCOc1nc(C)sc1C(=O)O.CCc1nc(C)sc1C(=O)O.COc1nc(C)sc1C(=O)O.Cc1nc(CC(C)C)c(C(=O)O)s1.Cc1nc(OC(C)C)c(C(=O)O)s1. The van der Waals surface area contributed by atoms with E-state index in [1.165, 1.54) is 29.8 Å². The molecule has 0 unspecified atom stereocenters. The number of aromatic nitrogens is 6. The van der Waals surface area contributed by atoms with Crippen molar-refractivity contribution in [2.24, 2.45) is 5.92 Å². The highest BCUT2D eigenvalue weighted by atomic mass is 32.1. The second-order valence-electron chi connectivity index (χ2n) is 14.9. The lowest BCUT2D eigenvalue weighted by molar-refractivity contribution is 0.0684. The second-order valence-corrected chi connectivity index (χ2v) is 22.1. The van der Waals surface area contributed by atoms with Gasteiger partial charge < -0.3 is 49.6 Å². The van der Waals surface area contributed by atoms with E-state index in [4.69, 9.17) is 49.6 Å². The number of ether oxygens (including phenoxy) is 4. The number of rotatable bonds is 17. The summed E-state index contributed by atoms with van der Waals surface area (Å²) in [7, 11) is 1.40. The van der Waals surface area contributed by atoms with Crippen molar-refractivity contribution in [1.29, 1.82) is 0 Å². The highest BCUT2D eigenvalue weighted by molar-refractivity contribution is 7.15. The maximum Gasteiger partial charge on any atom is 0.351 e. The Balaban J connectivity index is 0.000000439. The summed E-state index contributed by atoms with van der Waals surface area (Å²) in [6.45, 7) is 25.0. The van der Waals surface area contributed by atoms with E-state index < -0.39 is 35.8 Å². The molecule has 73 heavy (non-hydrogen) atoms. The molecule has 6 aromatic heterocycles. The van der Waals surface area contributed by atoms with E-state index in [9.17, 15) is 28.8 Å². The maximum absolute atomic E-state index is 10.8. The molecule has 28 heteroatoms. The van der Waals surface area contributed by atoms with Crippen LogP contribution in [0.3, 0.4) is 0 Å². The number of carboxylic acid groups (broad SMARTS) is 6. The van der Waals surface area contributed by atoms with Crippen molar-refractivity contribution in [1.82, 2.24) is 29.9 Å². The molecule has 0 amide bonds. The zero-order valence-corrected chi connectivity index (χ0v) is 47.5. The van der Waals surface area contributed by atoms with Gasteiger partial charge in [0, 0.05) is 0 Å². The van der Waals surface area contributed by atoms with Gasteiger partial charge in [-0.05, 0) is 87.5 Å². The van der Waals surface area contributed by atoms with Gasteiger partial charge in [0.1, 0.15) is 9.75 Å². The first-order chi connectivity index (χ1) is 34.1. The third-order valence-corrected chi connectivity index (χ3v) is 13.5. The van der Waals surface area contributed by atoms with Crippen LogP contribution in [0.2, 0.25) is 0 Å². The van der Waals surface area contributed by atoms with E-state index in [0.717, 1.165) is 73.9 Å². The molecule has 402 valence electrons. The molecule has 0 radical (unpaired) electrons. The monoisotopic (exact) mass is 1130 g/mol. The number of aryl methyl sites for hydroxylation is 7. The molecule has 0 aliphatic rings. The molecule has 0 saturated carbocycles. The summed E-state index contributed by atoms with van der Waals surface area (Å²) in [6.07, 6.45) is 2.22. The van der Waals surface area contributed by atoms with E-state index in [1.807, 2.05) is 41.5 Å². The predicted molar refractivity (Wildman–Crippen MR) is 280 cm³/mol. The summed E-state index contributed by atoms with van der Waals surface area (Å²) in [6, 6.07) is 0. The van der Waals surface area contributed by atoms with E-state index in [2.05, 4.69) is 43.8 Å². The highest BCUT2D eigenvalue weighted by Crippen LogP contribution is 2.28. The van der Waals surface area contributed by atoms with Crippen LogP contribution < -0.4 is 18.9 Å². The molecule has 0 saturated heterocycles. The third-order valence-electron chi connectivity index (χ3n) is 7.79. The molecule has 0 aromatic carbocycles. The summed E-state index contributed by atoms with van der Waals surface area (Å²) in [5.74, 6) is -4.32. The molecular formula is C45H60N6O16S6. The molecule has 0 fully saturated rings. The lowest BCUT2D eigenvalue weighted by Crippen LogP contribution is -2.08. The highest BCUT2D eigenvalue weighted by Gasteiger charge is 2.20. The standard InChI is InChI=1S/C9H13NO2S.2C8H11NO3S.C7H9NO3S.C7H9NO2S.C6H7NO3S/c1-5(2)4-7-8(9(11)12)13-6(3)10-7;1-4(2)12-7-6(8(10)11)13-5(3)9-7;1-3-4-12-7-6(8(10)11)13-5(2)9-7;1-3-11-6-5(7(9)10)12-4(2)8-6;1-3-5-6(7(9)10)11-4(2)8-5;1-3-7-5(10-2)4(11-3)6(8)9/h5H,4H2,1-3H3,(H,11,12);4H,1-3H3,(H,10,11);3-4H2,1-2H3,(H,10,11);3H2,1-2H3,(H,9,10);3H2,1-2H3,(H,9,10);1-2H3,(H,8,9). The lowest BCUT2D eigenvalue weighted by Gasteiger charge is -2.06. The number of hydrogen-bond acceptors (Lipinski definition) is 22. The lowest BCUT2D eigenvalue weighted by atomic mass is 10.1. The van der Waals surface area contributed by atoms with Crippen molar-refractivity contribution >= 4 is 104 Å². The number of hydrogen-bond donors (Lipinski definition) is 6. The first kappa shape index (κ1) is 64.8. The minimum Gasteiger partial charge on any atom is -0.480 e. The van der Waals surface area contributed by atoms with Crippen LogP contribution in [0.5, 0.6) is 23.5 Å². The largest absolute Gasteiger partial charge is 0.480 e. The van der Waals surface area contributed by atoms with E-state index in [1.54, 1.807) is 34.6 Å². The Kier molecular flexibility index (Phi) is 28.5. The molecule has 6 rings (SSSR count). The first-order valence-corrected chi connectivity index (χ1v) is 26.7. The van der Waals surface area contributed by atoms with E-state index >= 15 is 0 Å². The number of nitrogens with zero attached hydrogens (tertiary/aromatic N) is 6. The summed E-state index contributed by atoms with van der Waals surface area (Å²) in [5.41, 5.74) is 1.42. The van der Waals surface area contributed by atoms with E-state index in [0.29, 0.717) is 61.0 Å². The van der Waals surface area contributed by atoms with Crippen LogP contribution >= 0.6 is 68.0 Å². The Labute approximate surface area is 445 Å². The van der Waals surface area contributed by atoms with Gasteiger partial charge in [0.25, 0.3) is 0 Å². The predicted octanol–water partition coefficient (Wildman–Crippen LogP) is 10.6. The molecule has 0 atom stereocenters. The fourth-order valence-electron chi connectivity index (χ4n) is 5.18. The maximum atomic E-state index is 10.8. The fourth-order valence-corrected chi connectivity index (χ4v) is 9.64. The molecule has 0 bridgehead atoms. The van der Waals surface area contributed by atoms with Gasteiger partial charge in [-0.3, -0.25) is 0 Å². The number of methoxy groups -OCH3 is 1. The second kappa shape index (κ2) is 32.1. The topological polar surface area (TPSA) is 338 Å². The summed E-state index contributed by atoms with van der Waals surface area (Å²) < 4.78 is 20.2. The fraction of sp³-hybridized carbons (Fsp3) is 0.467. The zero-order chi connectivity index (χ0) is 55.9. The molecule has 22 nitrogen and oxygen atoms in total. The van der Waals surface area contributed by atoms with Gasteiger partial charge in [-0.1, -0.05) is 27.7 Å². The Morgan fingerprint density at radius 1 is 0.452 bits per heavy atom. The summed E-state index contributed by atoms with van der Waals surface area (Å²) in [5, 5.41) is 56.8. The summed E-state index contributed by atoms with van der Waals surface area (Å²) in [4.78, 5) is 89.4. The molecule has 6 N–H and O–H groups in total. The number of thiazole rings is 6. The van der Waals surface area contributed by atoms with Crippen LogP contribution in [-0.2, 0) is 12.8 Å². The van der Waals surface area contributed by atoms with Gasteiger partial charge in [0.2, 0.25) is 23.5 Å². The number of carboxylic acids is 6. The summed E-state index contributed by atoms with van der Waals surface area (Å²) >= 11 is 6.99. The number of aromatic carboxylic acids is 6. The van der Waals surface area contributed by atoms with Crippen molar-refractivity contribution in [2.75, 3.05) is 20.3 Å². The van der Waals surface area contributed by atoms with Crippen LogP contribution in [0.4, 0.5) is 0 Å². The van der Waals surface area contributed by atoms with Crippen LogP contribution in [0.1, 0.15) is 154 Å². The van der Waals surface area contributed by atoms with E-state index in [-0.39, 0.29) is 49.1 Å². The average molecular weight is 1130 g/mol. The molecular weight excluding hydrogens is 1070 g/mol. The smallest absolute Gasteiger partial charge is 0.351 e. The Morgan fingerprint density at radius 3 is 1.08 bits per heavy atom. The van der Waals surface area contributed by atoms with Crippen molar-refractivity contribution in [3.8, 4) is 23.5 Å².